The summed E-state index contributed by atoms with van der Waals surface area (Å²) in [4.78, 5) is 0. The van der Waals surface area contributed by atoms with Gasteiger partial charge in [-0.3, -0.25) is 0 Å². The van der Waals surface area contributed by atoms with Crippen molar-refractivity contribution >= 4 is 0 Å². The molecule has 1 nitrogen and oxygen atoms in total. The molecule has 0 rings (SSSR count). The number of hydrogen-bond donors (Lipinski definition) is 1. The fourth-order valence-electron chi connectivity index (χ4n) is 2.21. The number of aliphatic hydroxyl groups is 1. The Morgan fingerprint density at radius 1 is 0.667 bits per heavy atom. The molecule has 0 spiro atoms. The SMILES string of the molecule is CC(C)(C)CCCCC(O)CCCCC(C)(C)C. The van der Waals surface area contributed by atoms with Gasteiger partial charge in [0.1, 0.15) is 0 Å². The van der Waals surface area contributed by atoms with Gasteiger partial charge < -0.3 is 5.11 Å². The number of hydrogen-bond acceptors (Lipinski definition) is 1. The molecule has 0 aromatic carbocycles. The molecule has 0 aromatic heterocycles. The molecule has 110 valence electrons. The lowest BCUT2D eigenvalue weighted by atomic mass is 9.88. The zero-order chi connectivity index (χ0) is 14.2. The van der Waals surface area contributed by atoms with Gasteiger partial charge in [-0.1, -0.05) is 67.2 Å². The van der Waals surface area contributed by atoms with E-state index in [1.165, 1.54) is 38.5 Å². The maximum Gasteiger partial charge on any atom is 0.0540 e. The van der Waals surface area contributed by atoms with Crippen LogP contribution in [0.5, 0.6) is 0 Å². The van der Waals surface area contributed by atoms with Crippen LogP contribution < -0.4 is 0 Å². The van der Waals surface area contributed by atoms with Gasteiger partial charge in [0.15, 0.2) is 0 Å². The highest BCUT2D eigenvalue weighted by molar-refractivity contribution is 4.65. The Morgan fingerprint density at radius 3 is 1.28 bits per heavy atom. The number of unbranched alkanes of at least 4 members (excludes halogenated alkanes) is 2. The van der Waals surface area contributed by atoms with Crippen molar-refractivity contribution in [1.82, 2.24) is 0 Å². The van der Waals surface area contributed by atoms with Crippen molar-refractivity contribution in [2.24, 2.45) is 10.8 Å². The zero-order valence-corrected chi connectivity index (χ0v) is 13.7. The maximum atomic E-state index is 9.91. The van der Waals surface area contributed by atoms with Gasteiger partial charge in [-0.05, 0) is 36.5 Å². The van der Waals surface area contributed by atoms with Crippen LogP contribution in [0.2, 0.25) is 0 Å². The summed E-state index contributed by atoms with van der Waals surface area (Å²) in [5, 5.41) is 9.91. The molecule has 0 bridgehead atoms. The van der Waals surface area contributed by atoms with Gasteiger partial charge in [0, 0.05) is 0 Å². The fourth-order valence-corrected chi connectivity index (χ4v) is 2.21. The van der Waals surface area contributed by atoms with Crippen molar-refractivity contribution < 1.29 is 5.11 Å². The average Bonchev–Trinajstić information content (AvgIpc) is 2.17. The van der Waals surface area contributed by atoms with E-state index in [2.05, 4.69) is 41.5 Å². The van der Waals surface area contributed by atoms with E-state index in [1.54, 1.807) is 0 Å². The third-order valence-electron chi connectivity index (χ3n) is 3.43. The molecule has 0 fully saturated rings. The van der Waals surface area contributed by atoms with Crippen LogP contribution in [-0.4, -0.2) is 11.2 Å². The minimum atomic E-state index is -0.0649. The molecule has 1 N–H and O–H groups in total. The first kappa shape index (κ1) is 18.0. The van der Waals surface area contributed by atoms with E-state index in [0.717, 1.165) is 12.8 Å². The Hall–Kier alpha value is -0.0400. The Labute approximate surface area is 115 Å². The first-order valence-corrected chi connectivity index (χ1v) is 7.78. The molecule has 0 aliphatic heterocycles. The van der Waals surface area contributed by atoms with Crippen LogP contribution in [-0.2, 0) is 0 Å². The quantitative estimate of drug-likeness (QED) is 0.564. The normalized spacial score (nSPS) is 13.3. The van der Waals surface area contributed by atoms with Crippen LogP contribution in [0.25, 0.3) is 0 Å². The molecule has 0 unspecified atom stereocenters. The topological polar surface area (TPSA) is 20.2 Å². The third kappa shape index (κ3) is 14.0. The summed E-state index contributed by atoms with van der Waals surface area (Å²) in [6.07, 6.45) is 9.32. The molecule has 0 radical (unpaired) electrons. The van der Waals surface area contributed by atoms with Crippen LogP contribution in [0.4, 0.5) is 0 Å². The number of rotatable bonds is 8. The number of aliphatic hydroxyl groups excluding tert-OH is 1. The Morgan fingerprint density at radius 2 is 1.00 bits per heavy atom. The second kappa shape index (κ2) is 8.19. The molecule has 0 saturated heterocycles. The van der Waals surface area contributed by atoms with Crippen LogP contribution in [0, 0.1) is 10.8 Å². The standard InChI is InChI=1S/C17H36O/c1-16(2,3)13-9-7-11-15(18)12-8-10-14-17(4,5)6/h15,18H,7-14H2,1-6H3. The van der Waals surface area contributed by atoms with Crippen molar-refractivity contribution in [2.75, 3.05) is 0 Å². The Balaban J connectivity index is 3.41. The predicted molar refractivity (Wildman–Crippen MR) is 81.9 cm³/mol. The summed E-state index contributed by atoms with van der Waals surface area (Å²) in [6.45, 7) is 13.7. The first-order valence-electron chi connectivity index (χ1n) is 7.78. The molecule has 18 heavy (non-hydrogen) atoms. The van der Waals surface area contributed by atoms with E-state index in [-0.39, 0.29) is 6.10 Å². The minimum absolute atomic E-state index is 0.0649. The highest BCUT2D eigenvalue weighted by atomic mass is 16.3. The molecule has 0 atom stereocenters. The van der Waals surface area contributed by atoms with Gasteiger partial charge >= 0.3 is 0 Å². The van der Waals surface area contributed by atoms with Gasteiger partial charge in [-0.25, -0.2) is 0 Å². The molecule has 0 aromatic rings. The first-order chi connectivity index (χ1) is 8.10. The smallest absolute Gasteiger partial charge is 0.0540 e. The van der Waals surface area contributed by atoms with Gasteiger partial charge in [-0.2, -0.15) is 0 Å². The van der Waals surface area contributed by atoms with Crippen LogP contribution in [0.15, 0.2) is 0 Å². The van der Waals surface area contributed by atoms with Crippen molar-refractivity contribution in [3.63, 3.8) is 0 Å². The lowest BCUT2D eigenvalue weighted by molar-refractivity contribution is 0.144. The lowest BCUT2D eigenvalue weighted by Gasteiger charge is -2.19. The fraction of sp³-hybridized carbons (Fsp3) is 1.00. The van der Waals surface area contributed by atoms with Crippen molar-refractivity contribution in [3.8, 4) is 0 Å². The summed E-state index contributed by atoms with van der Waals surface area (Å²) in [7, 11) is 0. The van der Waals surface area contributed by atoms with Crippen LogP contribution in [0.3, 0.4) is 0 Å². The summed E-state index contributed by atoms with van der Waals surface area (Å²) in [6, 6.07) is 0. The Kier molecular flexibility index (Phi) is 8.18. The highest BCUT2D eigenvalue weighted by Crippen LogP contribution is 2.24. The molecule has 0 saturated carbocycles. The van der Waals surface area contributed by atoms with Gasteiger partial charge in [-0.15, -0.1) is 0 Å². The van der Waals surface area contributed by atoms with Crippen molar-refractivity contribution in [1.29, 1.82) is 0 Å². The monoisotopic (exact) mass is 256 g/mol. The van der Waals surface area contributed by atoms with Gasteiger partial charge in [0.2, 0.25) is 0 Å². The molecule has 1 heteroatoms. The molecular formula is C17H36O. The van der Waals surface area contributed by atoms with E-state index in [0.29, 0.717) is 10.8 Å². The molecule has 0 amide bonds. The third-order valence-corrected chi connectivity index (χ3v) is 3.43. The second-order valence-electron chi connectivity index (χ2n) is 8.27. The largest absolute Gasteiger partial charge is 0.393 e. The molecule has 0 heterocycles. The summed E-state index contributed by atoms with van der Waals surface area (Å²) in [5.41, 5.74) is 0.884. The Bertz CT molecular complexity index is 173. The summed E-state index contributed by atoms with van der Waals surface area (Å²) < 4.78 is 0. The van der Waals surface area contributed by atoms with E-state index >= 15 is 0 Å². The van der Waals surface area contributed by atoms with Crippen LogP contribution >= 0.6 is 0 Å². The lowest BCUT2D eigenvalue weighted by Crippen LogP contribution is -2.09. The maximum absolute atomic E-state index is 9.91. The molecule has 0 aliphatic carbocycles. The van der Waals surface area contributed by atoms with Gasteiger partial charge in [0.25, 0.3) is 0 Å². The predicted octanol–water partition coefficient (Wildman–Crippen LogP) is 5.56. The summed E-state index contributed by atoms with van der Waals surface area (Å²) >= 11 is 0. The van der Waals surface area contributed by atoms with E-state index in [4.69, 9.17) is 0 Å². The zero-order valence-electron chi connectivity index (χ0n) is 13.7. The van der Waals surface area contributed by atoms with E-state index < -0.39 is 0 Å². The van der Waals surface area contributed by atoms with E-state index in [9.17, 15) is 5.11 Å². The van der Waals surface area contributed by atoms with Gasteiger partial charge in [0.05, 0.1) is 6.10 Å². The summed E-state index contributed by atoms with van der Waals surface area (Å²) in [5.74, 6) is 0. The molecule has 0 aliphatic rings. The van der Waals surface area contributed by atoms with E-state index in [1.807, 2.05) is 0 Å². The molecular weight excluding hydrogens is 220 g/mol. The highest BCUT2D eigenvalue weighted by Gasteiger charge is 2.12. The van der Waals surface area contributed by atoms with Crippen molar-refractivity contribution in [2.45, 2.75) is 99.0 Å². The minimum Gasteiger partial charge on any atom is -0.393 e. The second-order valence-corrected chi connectivity index (χ2v) is 8.27. The van der Waals surface area contributed by atoms with Crippen LogP contribution in [0.1, 0.15) is 92.9 Å². The van der Waals surface area contributed by atoms with Crippen molar-refractivity contribution in [3.05, 3.63) is 0 Å². The average molecular weight is 256 g/mol.